The summed E-state index contributed by atoms with van der Waals surface area (Å²) in [6.45, 7) is 4.30. The van der Waals surface area contributed by atoms with Crippen molar-refractivity contribution in [2.45, 2.75) is 24.3 Å². The second kappa shape index (κ2) is 7.54. The minimum Gasteiger partial charge on any atom is -0.337 e. The van der Waals surface area contributed by atoms with E-state index in [2.05, 4.69) is 26.0 Å². The standard InChI is InChI=1S/C14H20BrN3O3S/c1-11-10-16-7-8-18(11)14(19)5-6-17-22(20,21)13-4-2-3-12(15)9-13/h2-4,9,11,16-17H,5-8,10H2,1H3/t11-/m0/s1. The molecule has 0 unspecified atom stereocenters. The number of hydrogen-bond donors (Lipinski definition) is 2. The number of nitrogens with zero attached hydrogens (tertiary/aromatic N) is 1. The van der Waals surface area contributed by atoms with Crippen molar-refractivity contribution in [1.82, 2.24) is 14.9 Å². The number of carbonyl (C=O) groups excluding carboxylic acids is 1. The Balaban J connectivity index is 1.88. The van der Waals surface area contributed by atoms with Crippen LogP contribution in [0.1, 0.15) is 13.3 Å². The molecule has 1 aliphatic heterocycles. The molecule has 8 heteroatoms. The summed E-state index contributed by atoms with van der Waals surface area (Å²) in [5, 5.41) is 3.22. The molecule has 1 aromatic rings. The molecular weight excluding hydrogens is 370 g/mol. The number of nitrogens with one attached hydrogen (secondary N) is 2. The van der Waals surface area contributed by atoms with Gasteiger partial charge in [-0.2, -0.15) is 0 Å². The number of benzene rings is 1. The van der Waals surface area contributed by atoms with Crippen molar-refractivity contribution in [3.63, 3.8) is 0 Å². The molecule has 1 amide bonds. The summed E-state index contributed by atoms with van der Waals surface area (Å²) in [5.41, 5.74) is 0. The minimum absolute atomic E-state index is 0.0223. The average molecular weight is 390 g/mol. The highest BCUT2D eigenvalue weighted by atomic mass is 79.9. The molecular formula is C14H20BrN3O3S. The van der Waals surface area contributed by atoms with Gasteiger partial charge in [0.25, 0.3) is 0 Å². The maximum Gasteiger partial charge on any atom is 0.240 e. The highest BCUT2D eigenvalue weighted by molar-refractivity contribution is 9.10. The quantitative estimate of drug-likeness (QED) is 0.785. The van der Waals surface area contributed by atoms with E-state index in [1.807, 2.05) is 6.92 Å². The van der Waals surface area contributed by atoms with Gasteiger partial charge in [-0.05, 0) is 25.1 Å². The van der Waals surface area contributed by atoms with E-state index in [0.717, 1.165) is 13.1 Å². The molecule has 122 valence electrons. The van der Waals surface area contributed by atoms with Crippen LogP contribution in [-0.2, 0) is 14.8 Å². The Morgan fingerprint density at radius 1 is 1.50 bits per heavy atom. The van der Waals surface area contributed by atoms with Gasteiger partial charge >= 0.3 is 0 Å². The van der Waals surface area contributed by atoms with Gasteiger partial charge < -0.3 is 10.2 Å². The molecule has 6 nitrogen and oxygen atoms in total. The lowest BCUT2D eigenvalue weighted by molar-refractivity contribution is -0.133. The van der Waals surface area contributed by atoms with Gasteiger partial charge in [0.1, 0.15) is 0 Å². The van der Waals surface area contributed by atoms with Crippen LogP contribution in [0.2, 0.25) is 0 Å². The number of rotatable bonds is 5. The molecule has 0 bridgehead atoms. The second-order valence-corrected chi connectivity index (χ2v) is 7.93. The van der Waals surface area contributed by atoms with Gasteiger partial charge in [0, 0.05) is 43.1 Å². The summed E-state index contributed by atoms with van der Waals surface area (Å²) in [7, 11) is -3.59. The van der Waals surface area contributed by atoms with Gasteiger partial charge in [-0.1, -0.05) is 22.0 Å². The minimum atomic E-state index is -3.59. The van der Waals surface area contributed by atoms with Crippen molar-refractivity contribution < 1.29 is 13.2 Å². The molecule has 2 N–H and O–H groups in total. The second-order valence-electron chi connectivity index (χ2n) is 5.25. The monoisotopic (exact) mass is 389 g/mol. The van der Waals surface area contributed by atoms with Gasteiger partial charge in [0.15, 0.2) is 0 Å². The molecule has 1 aromatic carbocycles. The van der Waals surface area contributed by atoms with Crippen LogP contribution in [-0.4, -0.2) is 51.4 Å². The molecule has 0 radical (unpaired) electrons. The Hall–Kier alpha value is -0.960. The molecule has 0 aromatic heterocycles. The highest BCUT2D eigenvalue weighted by Crippen LogP contribution is 2.15. The zero-order valence-electron chi connectivity index (χ0n) is 12.4. The molecule has 1 atom stereocenters. The van der Waals surface area contributed by atoms with Crippen LogP contribution in [0.5, 0.6) is 0 Å². The molecule has 1 heterocycles. The number of piperazine rings is 1. The van der Waals surface area contributed by atoms with E-state index in [1.54, 1.807) is 17.0 Å². The summed E-state index contributed by atoms with van der Waals surface area (Å²) in [6, 6.07) is 6.61. The van der Waals surface area contributed by atoms with Crippen LogP contribution in [0.25, 0.3) is 0 Å². The number of amides is 1. The highest BCUT2D eigenvalue weighted by Gasteiger charge is 2.23. The Bertz CT molecular complexity index is 636. The van der Waals surface area contributed by atoms with Crippen molar-refractivity contribution >= 4 is 31.9 Å². The molecule has 1 saturated heterocycles. The van der Waals surface area contributed by atoms with Gasteiger partial charge in [-0.15, -0.1) is 0 Å². The number of sulfonamides is 1. The summed E-state index contributed by atoms with van der Waals surface area (Å²) >= 11 is 3.25. The summed E-state index contributed by atoms with van der Waals surface area (Å²) < 4.78 is 27.5. The lowest BCUT2D eigenvalue weighted by Crippen LogP contribution is -2.52. The lowest BCUT2D eigenvalue weighted by Gasteiger charge is -2.34. The summed E-state index contributed by atoms with van der Waals surface area (Å²) in [6.07, 6.45) is 0.164. The molecule has 0 saturated carbocycles. The van der Waals surface area contributed by atoms with Gasteiger partial charge in [0.05, 0.1) is 4.90 Å². The van der Waals surface area contributed by atoms with Gasteiger partial charge in [0.2, 0.25) is 15.9 Å². The molecule has 2 rings (SSSR count). The number of hydrogen-bond acceptors (Lipinski definition) is 4. The Morgan fingerprint density at radius 2 is 2.27 bits per heavy atom. The molecule has 1 fully saturated rings. The Labute approximate surface area is 139 Å². The SMILES string of the molecule is C[C@H]1CNCCN1C(=O)CCNS(=O)(=O)c1cccc(Br)c1. The lowest BCUT2D eigenvalue weighted by atomic mass is 10.2. The molecule has 22 heavy (non-hydrogen) atoms. The van der Waals surface area contributed by atoms with Crippen LogP contribution in [0, 0.1) is 0 Å². The van der Waals surface area contributed by atoms with Crippen LogP contribution < -0.4 is 10.0 Å². The van der Waals surface area contributed by atoms with E-state index in [9.17, 15) is 13.2 Å². The average Bonchev–Trinajstić information content (AvgIpc) is 2.47. The van der Waals surface area contributed by atoms with Crippen molar-refractivity contribution in [3.05, 3.63) is 28.7 Å². The zero-order valence-corrected chi connectivity index (χ0v) is 14.8. The van der Waals surface area contributed by atoms with E-state index >= 15 is 0 Å². The smallest absolute Gasteiger partial charge is 0.240 e. The first-order chi connectivity index (χ1) is 10.4. The third-order valence-electron chi connectivity index (χ3n) is 3.56. The van der Waals surface area contributed by atoms with Crippen LogP contribution in [0.4, 0.5) is 0 Å². The van der Waals surface area contributed by atoms with Crippen molar-refractivity contribution in [3.8, 4) is 0 Å². The first kappa shape index (κ1) is 17.4. The van der Waals surface area contributed by atoms with Crippen LogP contribution in [0.3, 0.4) is 0 Å². The Morgan fingerprint density at radius 3 is 2.95 bits per heavy atom. The van der Waals surface area contributed by atoms with E-state index in [1.165, 1.54) is 12.1 Å². The summed E-state index contributed by atoms with van der Waals surface area (Å²) in [4.78, 5) is 14.1. The van der Waals surface area contributed by atoms with Gasteiger partial charge in [-0.25, -0.2) is 13.1 Å². The maximum absolute atomic E-state index is 12.1. The van der Waals surface area contributed by atoms with E-state index in [0.29, 0.717) is 11.0 Å². The Kier molecular flexibility index (Phi) is 5.96. The first-order valence-corrected chi connectivity index (χ1v) is 9.43. The maximum atomic E-state index is 12.1. The van der Waals surface area contributed by atoms with E-state index in [4.69, 9.17) is 0 Å². The van der Waals surface area contributed by atoms with Crippen molar-refractivity contribution in [1.29, 1.82) is 0 Å². The van der Waals surface area contributed by atoms with Gasteiger partial charge in [-0.3, -0.25) is 4.79 Å². The van der Waals surface area contributed by atoms with Crippen molar-refractivity contribution in [2.24, 2.45) is 0 Å². The predicted octanol–water partition coefficient (Wildman–Crippen LogP) is 0.938. The topological polar surface area (TPSA) is 78.5 Å². The largest absolute Gasteiger partial charge is 0.337 e. The van der Waals surface area contributed by atoms with E-state index < -0.39 is 10.0 Å². The number of carbonyl (C=O) groups is 1. The normalized spacial score (nSPS) is 19.2. The van der Waals surface area contributed by atoms with Crippen molar-refractivity contribution in [2.75, 3.05) is 26.2 Å². The molecule has 0 spiro atoms. The summed E-state index contributed by atoms with van der Waals surface area (Å²) in [5.74, 6) is -0.0223. The fourth-order valence-corrected chi connectivity index (χ4v) is 3.99. The molecule has 0 aliphatic carbocycles. The third-order valence-corrected chi connectivity index (χ3v) is 5.51. The van der Waals surface area contributed by atoms with E-state index in [-0.39, 0.29) is 29.8 Å². The van der Waals surface area contributed by atoms with Crippen LogP contribution >= 0.6 is 15.9 Å². The first-order valence-electron chi connectivity index (χ1n) is 7.15. The zero-order chi connectivity index (χ0) is 16.2. The fourth-order valence-electron chi connectivity index (χ4n) is 2.36. The molecule has 1 aliphatic rings. The predicted molar refractivity (Wildman–Crippen MR) is 88.0 cm³/mol. The number of halogens is 1. The fraction of sp³-hybridized carbons (Fsp3) is 0.500. The van der Waals surface area contributed by atoms with Crippen LogP contribution in [0.15, 0.2) is 33.6 Å². The third kappa shape index (κ3) is 4.52.